The van der Waals surface area contributed by atoms with Crippen LogP contribution >= 0.6 is 15.9 Å². The molecule has 2 aromatic carbocycles. The first-order chi connectivity index (χ1) is 8.60. The summed E-state index contributed by atoms with van der Waals surface area (Å²) < 4.78 is 6.04. The predicted molar refractivity (Wildman–Crippen MR) is 75.3 cm³/mol. The quantitative estimate of drug-likeness (QED) is 0.801. The summed E-state index contributed by atoms with van der Waals surface area (Å²) in [7, 11) is 1.59. The van der Waals surface area contributed by atoms with Gasteiger partial charge in [-0.1, -0.05) is 28.1 Å². The van der Waals surface area contributed by atoms with Crippen LogP contribution in [0.5, 0.6) is 5.75 Å². The summed E-state index contributed by atoms with van der Waals surface area (Å²) >= 11 is 3.41. The third-order valence-corrected chi connectivity index (χ3v) is 3.09. The van der Waals surface area contributed by atoms with Gasteiger partial charge in [0.05, 0.1) is 7.11 Å². The number of halogens is 1. The van der Waals surface area contributed by atoms with Gasteiger partial charge in [-0.25, -0.2) is 0 Å². The molecule has 0 saturated carbocycles. The molecular weight excluding hydrogens is 292 g/mol. The Morgan fingerprint density at radius 2 is 1.89 bits per heavy atom. The lowest BCUT2D eigenvalue weighted by Crippen LogP contribution is -2.02. The molecule has 0 atom stereocenters. The van der Waals surface area contributed by atoms with E-state index in [0.29, 0.717) is 16.9 Å². The molecule has 0 unspecified atom stereocenters. The summed E-state index contributed by atoms with van der Waals surface area (Å²) in [6, 6.07) is 12.9. The molecule has 0 N–H and O–H groups in total. The lowest BCUT2D eigenvalue weighted by atomic mass is 10.0. The molecule has 0 fully saturated rings. The highest BCUT2D eigenvalue weighted by Gasteiger charge is 2.10. The van der Waals surface area contributed by atoms with Gasteiger partial charge in [-0.3, -0.25) is 4.79 Å². The minimum atomic E-state index is -0.00157. The van der Waals surface area contributed by atoms with Crippen LogP contribution in [0.1, 0.15) is 21.5 Å². The number of benzene rings is 2. The van der Waals surface area contributed by atoms with Crippen molar-refractivity contribution in [3.05, 3.63) is 63.6 Å². The summed E-state index contributed by atoms with van der Waals surface area (Å²) in [6.07, 6.45) is 0. The largest absolute Gasteiger partial charge is 0.497 e. The van der Waals surface area contributed by atoms with Gasteiger partial charge in [0.1, 0.15) is 5.75 Å². The highest BCUT2D eigenvalue weighted by Crippen LogP contribution is 2.20. The summed E-state index contributed by atoms with van der Waals surface area (Å²) in [4.78, 5) is 12.3. The second-order valence-corrected chi connectivity index (χ2v) is 4.99. The number of hydrogen-bond acceptors (Lipinski definition) is 2. The number of carbonyl (C=O) groups excluding carboxylic acids is 1. The maximum Gasteiger partial charge on any atom is 0.193 e. The van der Waals surface area contributed by atoms with Gasteiger partial charge < -0.3 is 4.74 Å². The zero-order valence-corrected chi connectivity index (χ0v) is 11.8. The first kappa shape index (κ1) is 12.8. The molecular formula is C15H13BrO2. The van der Waals surface area contributed by atoms with E-state index in [4.69, 9.17) is 4.74 Å². The lowest BCUT2D eigenvalue weighted by Gasteiger charge is -2.05. The Hall–Kier alpha value is -1.61. The molecule has 2 nitrogen and oxygen atoms in total. The van der Waals surface area contributed by atoms with E-state index in [2.05, 4.69) is 15.9 Å². The molecule has 92 valence electrons. The molecule has 0 heterocycles. The summed E-state index contributed by atoms with van der Waals surface area (Å²) in [6.45, 7) is 1.97. The van der Waals surface area contributed by atoms with Crippen LogP contribution in [0.3, 0.4) is 0 Å². The van der Waals surface area contributed by atoms with Gasteiger partial charge in [0.2, 0.25) is 0 Å². The Labute approximate surface area is 115 Å². The number of ketones is 1. The summed E-state index contributed by atoms with van der Waals surface area (Å²) in [5.41, 5.74) is 2.36. The fourth-order valence-corrected chi connectivity index (χ4v) is 2.41. The first-order valence-electron chi connectivity index (χ1n) is 5.56. The zero-order valence-electron chi connectivity index (χ0n) is 10.2. The van der Waals surface area contributed by atoms with Crippen molar-refractivity contribution in [2.24, 2.45) is 0 Å². The standard InChI is InChI=1S/C15H13BrO2/c1-10-6-12(8-13(16)7-10)15(17)11-4-3-5-14(9-11)18-2/h3-9H,1-2H3. The van der Waals surface area contributed by atoms with Crippen LogP contribution in [0, 0.1) is 6.92 Å². The molecule has 0 aromatic heterocycles. The predicted octanol–water partition coefficient (Wildman–Crippen LogP) is 4.00. The van der Waals surface area contributed by atoms with Crippen LogP contribution < -0.4 is 4.74 Å². The second-order valence-electron chi connectivity index (χ2n) is 4.08. The molecule has 0 saturated heterocycles. The fraction of sp³-hybridized carbons (Fsp3) is 0.133. The number of hydrogen-bond donors (Lipinski definition) is 0. The molecule has 0 aliphatic rings. The maximum absolute atomic E-state index is 12.3. The minimum Gasteiger partial charge on any atom is -0.497 e. The SMILES string of the molecule is COc1cccc(C(=O)c2cc(C)cc(Br)c2)c1. The summed E-state index contributed by atoms with van der Waals surface area (Å²) in [5, 5.41) is 0. The van der Waals surface area contributed by atoms with E-state index in [9.17, 15) is 4.79 Å². The molecule has 0 radical (unpaired) electrons. The van der Waals surface area contributed by atoms with E-state index in [1.165, 1.54) is 0 Å². The van der Waals surface area contributed by atoms with Gasteiger partial charge in [-0.15, -0.1) is 0 Å². The van der Waals surface area contributed by atoms with Gasteiger partial charge in [-0.05, 0) is 42.8 Å². The Kier molecular flexibility index (Phi) is 3.82. The van der Waals surface area contributed by atoms with Crippen LogP contribution in [0.2, 0.25) is 0 Å². The fourth-order valence-electron chi connectivity index (χ4n) is 1.80. The van der Waals surface area contributed by atoms with Crippen LogP contribution in [-0.4, -0.2) is 12.9 Å². The lowest BCUT2D eigenvalue weighted by molar-refractivity contribution is 0.103. The van der Waals surface area contributed by atoms with Gasteiger partial charge in [0, 0.05) is 15.6 Å². The van der Waals surface area contributed by atoms with Crippen molar-refractivity contribution < 1.29 is 9.53 Å². The highest BCUT2D eigenvalue weighted by atomic mass is 79.9. The molecule has 0 amide bonds. The van der Waals surface area contributed by atoms with Gasteiger partial charge in [0.15, 0.2) is 5.78 Å². The average molecular weight is 305 g/mol. The van der Waals surface area contributed by atoms with E-state index in [0.717, 1.165) is 10.0 Å². The normalized spacial score (nSPS) is 10.2. The van der Waals surface area contributed by atoms with Crippen LogP contribution in [0.4, 0.5) is 0 Å². The maximum atomic E-state index is 12.3. The number of ether oxygens (including phenoxy) is 1. The van der Waals surface area contributed by atoms with Crippen molar-refractivity contribution in [1.29, 1.82) is 0 Å². The monoisotopic (exact) mass is 304 g/mol. The smallest absolute Gasteiger partial charge is 0.193 e. The Morgan fingerprint density at radius 3 is 2.56 bits per heavy atom. The van der Waals surface area contributed by atoms with E-state index in [-0.39, 0.29) is 5.78 Å². The number of aryl methyl sites for hydroxylation is 1. The number of rotatable bonds is 3. The highest BCUT2D eigenvalue weighted by molar-refractivity contribution is 9.10. The van der Waals surface area contributed by atoms with Crippen molar-refractivity contribution in [2.45, 2.75) is 6.92 Å². The molecule has 0 bridgehead atoms. The Morgan fingerprint density at radius 1 is 1.11 bits per heavy atom. The van der Waals surface area contributed by atoms with Gasteiger partial charge >= 0.3 is 0 Å². The van der Waals surface area contributed by atoms with Crippen molar-refractivity contribution in [3.63, 3.8) is 0 Å². The number of methoxy groups -OCH3 is 1. The molecule has 0 spiro atoms. The molecule has 18 heavy (non-hydrogen) atoms. The Bertz CT molecular complexity index is 571. The Balaban J connectivity index is 2.41. The minimum absolute atomic E-state index is 0.00157. The summed E-state index contributed by atoms with van der Waals surface area (Å²) in [5.74, 6) is 0.686. The third kappa shape index (κ3) is 2.79. The van der Waals surface area contributed by atoms with E-state index < -0.39 is 0 Å². The molecule has 2 rings (SSSR count). The van der Waals surface area contributed by atoms with Crippen molar-refractivity contribution in [2.75, 3.05) is 7.11 Å². The van der Waals surface area contributed by atoms with E-state index in [1.54, 1.807) is 19.2 Å². The van der Waals surface area contributed by atoms with Gasteiger partial charge in [-0.2, -0.15) is 0 Å². The molecule has 0 aliphatic carbocycles. The van der Waals surface area contributed by atoms with Crippen molar-refractivity contribution in [1.82, 2.24) is 0 Å². The molecule has 0 aliphatic heterocycles. The third-order valence-electron chi connectivity index (χ3n) is 2.64. The van der Waals surface area contributed by atoms with Crippen LogP contribution in [0.25, 0.3) is 0 Å². The number of carbonyl (C=O) groups is 1. The van der Waals surface area contributed by atoms with E-state index in [1.807, 2.05) is 37.3 Å². The second kappa shape index (κ2) is 5.36. The molecule has 3 heteroatoms. The van der Waals surface area contributed by atoms with Crippen molar-refractivity contribution >= 4 is 21.7 Å². The van der Waals surface area contributed by atoms with E-state index >= 15 is 0 Å². The van der Waals surface area contributed by atoms with Gasteiger partial charge in [0.25, 0.3) is 0 Å². The average Bonchev–Trinajstić information content (AvgIpc) is 2.37. The van der Waals surface area contributed by atoms with Crippen LogP contribution in [0.15, 0.2) is 46.9 Å². The molecule has 2 aromatic rings. The topological polar surface area (TPSA) is 26.3 Å². The van der Waals surface area contributed by atoms with Crippen LogP contribution in [-0.2, 0) is 0 Å². The van der Waals surface area contributed by atoms with Crippen molar-refractivity contribution in [3.8, 4) is 5.75 Å². The first-order valence-corrected chi connectivity index (χ1v) is 6.35. The zero-order chi connectivity index (χ0) is 13.1.